The first-order chi connectivity index (χ1) is 17.3. The van der Waals surface area contributed by atoms with Gasteiger partial charge in [0.15, 0.2) is 0 Å². The molecule has 0 spiro atoms. The molecule has 4 aliphatic rings. The molecule has 0 aromatic rings. The fourth-order valence-electron chi connectivity index (χ4n) is 8.78. The van der Waals surface area contributed by atoms with E-state index in [2.05, 4.69) is 91.3 Å². The summed E-state index contributed by atoms with van der Waals surface area (Å²) in [5.74, 6) is 1.34. The fourth-order valence-corrected chi connectivity index (χ4v) is 20.5. The highest BCUT2D eigenvalue weighted by atomic mass is 28.3. The van der Waals surface area contributed by atoms with E-state index in [1.54, 1.807) is 10.4 Å². The summed E-state index contributed by atoms with van der Waals surface area (Å²) in [6, 6.07) is 0. The molecule has 2 fully saturated rings. The van der Waals surface area contributed by atoms with Crippen molar-refractivity contribution >= 4 is 24.2 Å². The number of hydrogen-bond donors (Lipinski definition) is 0. The van der Waals surface area contributed by atoms with Gasteiger partial charge in [-0.25, -0.2) is 0 Å². The van der Waals surface area contributed by atoms with Gasteiger partial charge in [-0.15, -0.1) is 0 Å². The lowest BCUT2D eigenvalue weighted by molar-refractivity contribution is 0.441. The van der Waals surface area contributed by atoms with Crippen molar-refractivity contribution in [2.24, 2.45) is 11.8 Å². The van der Waals surface area contributed by atoms with E-state index < -0.39 is 24.2 Å². The van der Waals surface area contributed by atoms with E-state index in [9.17, 15) is 0 Å². The van der Waals surface area contributed by atoms with E-state index in [1.807, 2.05) is 11.1 Å². The van der Waals surface area contributed by atoms with Gasteiger partial charge in [-0.1, -0.05) is 177 Å². The Morgan fingerprint density at radius 2 is 0.865 bits per heavy atom. The molecule has 2 atom stereocenters. The summed E-state index contributed by atoms with van der Waals surface area (Å²) in [6.45, 7) is 25.7. The summed E-state index contributed by atoms with van der Waals surface area (Å²) in [7, 11) is -4.60. The first-order valence-corrected chi connectivity index (χ1v) is 25.5. The van der Waals surface area contributed by atoms with E-state index >= 15 is 0 Å². The Kier molecular flexibility index (Phi) is 8.99. The van der Waals surface area contributed by atoms with Gasteiger partial charge in [0.25, 0.3) is 0 Å². The summed E-state index contributed by atoms with van der Waals surface area (Å²) < 4.78 is 0. The second kappa shape index (κ2) is 11.2. The molecule has 37 heavy (non-hydrogen) atoms. The van der Waals surface area contributed by atoms with Gasteiger partial charge in [0, 0.05) is 0 Å². The Balaban J connectivity index is 2.01. The zero-order valence-electron chi connectivity index (χ0n) is 26.3. The van der Waals surface area contributed by atoms with Crippen molar-refractivity contribution in [1.82, 2.24) is 0 Å². The van der Waals surface area contributed by atoms with Gasteiger partial charge in [-0.2, -0.15) is 0 Å². The van der Waals surface area contributed by atoms with Crippen molar-refractivity contribution in [2.75, 3.05) is 0 Å². The van der Waals surface area contributed by atoms with Gasteiger partial charge < -0.3 is 0 Å². The maximum absolute atomic E-state index is 2.97. The summed E-state index contributed by atoms with van der Waals surface area (Å²) >= 11 is 0. The first kappa shape index (κ1) is 29.6. The lowest BCUT2D eigenvalue weighted by Crippen LogP contribution is -2.54. The minimum atomic E-state index is -1.87. The van der Waals surface area contributed by atoms with Crippen LogP contribution in [0.4, 0.5) is 0 Å². The van der Waals surface area contributed by atoms with Crippen LogP contribution in [0.5, 0.6) is 0 Å². The van der Waals surface area contributed by atoms with Crippen LogP contribution in [-0.2, 0) is 0 Å². The van der Waals surface area contributed by atoms with Crippen molar-refractivity contribution in [3.63, 3.8) is 0 Å². The van der Waals surface area contributed by atoms with Gasteiger partial charge in [0.05, 0.1) is 24.2 Å². The van der Waals surface area contributed by atoms with Crippen LogP contribution in [-0.4, -0.2) is 24.2 Å². The topological polar surface area (TPSA) is 0 Å². The number of hydrogen-bond acceptors (Lipinski definition) is 0. The smallest absolute Gasteiger partial charge is 0.0807 e. The number of allylic oxidation sites excluding steroid dienone is 8. The Labute approximate surface area is 234 Å². The molecule has 2 saturated carbocycles. The van der Waals surface area contributed by atoms with E-state index in [1.165, 1.54) is 64.2 Å². The van der Waals surface area contributed by atoms with E-state index in [-0.39, 0.29) is 0 Å². The zero-order valence-corrected chi connectivity index (χ0v) is 29.3. The predicted octanol–water partition coefficient (Wildman–Crippen LogP) is 11.6. The largest absolute Gasteiger partial charge is 0.0826 e. The summed E-state index contributed by atoms with van der Waals surface area (Å²) in [5, 5.41) is 3.57. The van der Waals surface area contributed by atoms with Crippen LogP contribution < -0.4 is 0 Å². The third kappa shape index (κ3) is 5.75. The van der Waals surface area contributed by atoms with Crippen LogP contribution in [0.1, 0.15) is 91.9 Å². The molecule has 4 rings (SSSR count). The van der Waals surface area contributed by atoms with Gasteiger partial charge in [0.1, 0.15) is 0 Å². The highest BCUT2D eigenvalue weighted by Crippen LogP contribution is 2.66. The van der Waals surface area contributed by atoms with Crippen molar-refractivity contribution in [2.45, 2.75) is 153 Å². The minimum absolute atomic E-state index is 0.669. The minimum Gasteiger partial charge on any atom is -0.0807 e. The van der Waals surface area contributed by atoms with Crippen LogP contribution >= 0.6 is 0 Å². The Bertz CT molecular complexity index is 857. The maximum atomic E-state index is 2.97. The molecule has 2 unspecified atom stereocenters. The van der Waals surface area contributed by atoms with Gasteiger partial charge in [-0.05, 0) is 34.0 Å². The Hall–Kier alpha value is -0.389. The highest BCUT2D eigenvalue weighted by molar-refractivity contribution is 6.89. The van der Waals surface area contributed by atoms with E-state index in [0.29, 0.717) is 11.8 Å². The Morgan fingerprint density at radius 1 is 0.541 bits per heavy atom. The lowest BCUT2D eigenvalue weighted by atomic mass is 9.98. The summed E-state index contributed by atoms with van der Waals surface area (Å²) in [6.07, 6.45) is 26.5. The second-order valence-corrected chi connectivity index (χ2v) is 31.0. The first-order valence-electron chi connectivity index (χ1n) is 16.2. The number of rotatable bonds is 8. The fraction of sp³-hybridized carbons (Fsp3) is 0.765. The molecule has 0 N–H and O–H groups in total. The highest BCUT2D eigenvalue weighted by Gasteiger charge is 2.59. The molecule has 0 saturated heterocycles. The van der Waals surface area contributed by atoms with Crippen LogP contribution in [0.2, 0.25) is 61.4 Å². The molecule has 0 nitrogen and oxygen atoms in total. The molecular formula is C34H60Si3. The molecule has 0 bridgehead atoms. The van der Waals surface area contributed by atoms with Crippen LogP contribution in [0.15, 0.2) is 45.8 Å². The Morgan fingerprint density at radius 3 is 1.14 bits per heavy atom. The molecule has 3 heteroatoms. The third-order valence-corrected chi connectivity index (χ3v) is 22.0. The molecule has 0 aliphatic heterocycles. The van der Waals surface area contributed by atoms with Crippen molar-refractivity contribution < 1.29 is 0 Å². The average molecular weight is 553 g/mol. The second-order valence-electron chi connectivity index (χ2n) is 16.0. The maximum Gasteiger partial charge on any atom is 0.0826 e. The molecular weight excluding hydrogens is 493 g/mol. The van der Waals surface area contributed by atoms with Gasteiger partial charge >= 0.3 is 0 Å². The van der Waals surface area contributed by atoms with Crippen molar-refractivity contribution in [3.05, 3.63) is 45.8 Å². The van der Waals surface area contributed by atoms with Crippen LogP contribution in [0.25, 0.3) is 0 Å². The normalized spacial score (nSPS) is 27.0. The molecule has 0 aromatic heterocycles. The lowest BCUT2D eigenvalue weighted by Gasteiger charge is -2.56. The zero-order chi connectivity index (χ0) is 27.2. The average Bonchev–Trinajstić information content (AvgIpc) is 3.48. The van der Waals surface area contributed by atoms with Crippen molar-refractivity contribution in [1.29, 1.82) is 0 Å². The standard InChI is InChI=1S/C34H60Si3/c1-25(2)31-21-29(35(5,6)7)23-33(31)37(27-17-13-11-14-18-27,28-19-15-12-16-20-28)34-24-30(36(8,9)10)22-32(34)26(3)4/h21-28,33-34H,11-20H2,1-10H3. The van der Waals surface area contributed by atoms with Gasteiger partial charge in [0.2, 0.25) is 0 Å². The summed E-state index contributed by atoms with van der Waals surface area (Å²) in [4.78, 5) is 0. The van der Waals surface area contributed by atoms with Crippen molar-refractivity contribution in [3.8, 4) is 0 Å². The molecule has 0 amide bonds. The predicted molar refractivity (Wildman–Crippen MR) is 176 cm³/mol. The molecule has 208 valence electrons. The summed E-state index contributed by atoms with van der Waals surface area (Å²) in [5.41, 5.74) is 7.25. The molecule has 4 aliphatic carbocycles. The third-order valence-electron chi connectivity index (χ3n) is 10.8. The van der Waals surface area contributed by atoms with Gasteiger partial charge in [-0.3, -0.25) is 0 Å². The molecule has 0 radical (unpaired) electrons. The van der Waals surface area contributed by atoms with Crippen LogP contribution in [0, 0.1) is 11.8 Å². The quantitative estimate of drug-likeness (QED) is 0.263. The monoisotopic (exact) mass is 552 g/mol. The molecule has 0 aromatic carbocycles. The molecule has 0 heterocycles. The SMILES string of the molecule is CC(C)C1=CC([Si](C)(C)C)=CC1[Si](C1CCCCC1)(C1CCCCC1)C1C=C([Si](C)(C)C)C=C1C(C)C. The van der Waals surface area contributed by atoms with E-state index in [0.717, 1.165) is 22.2 Å². The van der Waals surface area contributed by atoms with E-state index in [4.69, 9.17) is 0 Å². The van der Waals surface area contributed by atoms with Crippen LogP contribution in [0.3, 0.4) is 0 Å².